The molecule has 0 unspecified atom stereocenters. The van der Waals surface area contributed by atoms with Crippen LogP contribution in [0.15, 0.2) is 47.0 Å². The molecule has 1 aromatic heterocycles. The summed E-state index contributed by atoms with van der Waals surface area (Å²) in [5.41, 5.74) is 4.69. The van der Waals surface area contributed by atoms with Crippen molar-refractivity contribution in [1.29, 1.82) is 0 Å². The number of phenolic OH excluding ortho intramolecular Hbond substituents is 1. The number of hydrogen-bond donors (Lipinski definition) is 1. The van der Waals surface area contributed by atoms with E-state index in [1.165, 1.54) is 12.1 Å². The van der Waals surface area contributed by atoms with E-state index in [0.29, 0.717) is 0 Å². The summed E-state index contributed by atoms with van der Waals surface area (Å²) in [5, 5.41) is 13.7. The first-order valence-electron chi connectivity index (χ1n) is 6.79. The lowest BCUT2D eigenvalue weighted by Gasteiger charge is -2.15. The molecule has 1 aliphatic rings. The molecule has 0 aliphatic heterocycles. The number of aryl methyl sites for hydroxylation is 1. The topological polar surface area (TPSA) is 46.3 Å². The second-order valence-electron chi connectivity index (χ2n) is 5.19. The van der Waals surface area contributed by atoms with Crippen molar-refractivity contribution in [2.75, 3.05) is 0 Å². The van der Waals surface area contributed by atoms with Crippen molar-refractivity contribution in [3.05, 3.63) is 59.4 Å². The predicted molar refractivity (Wildman–Crippen MR) is 76.4 cm³/mol. The van der Waals surface area contributed by atoms with Crippen LogP contribution in [0.1, 0.15) is 11.1 Å². The van der Waals surface area contributed by atoms with Gasteiger partial charge in [-0.15, -0.1) is 0 Å². The molecule has 3 aromatic rings. The minimum Gasteiger partial charge on any atom is -0.508 e. The molecule has 0 fully saturated rings. The van der Waals surface area contributed by atoms with E-state index < -0.39 is 0 Å². The van der Waals surface area contributed by atoms with E-state index in [1.807, 2.05) is 6.07 Å². The van der Waals surface area contributed by atoms with Gasteiger partial charge in [-0.3, -0.25) is 0 Å². The summed E-state index contributed by atoms with van der Waals surface area (Å²) >= 11 is 0. The number of aromatic hydroxyl groups is 1. The number of halogens is 1. The number of benzene rings is 2. The minimum absolute atomic E-state index is 0.260. The molecule has 0 amide bonds. The number of hydrogen-bond acceptors (Lipinski definition) is 3. The molecule has 0 saturated carbocycles. The van der Waals surface area contributed by atoms with Crippen LogP contribution in [0.2, 0.25) is 0 Å². The summed E-state index contributed by atoms with van der Waals surface area (Å²) in [6.07, 6.45) is 1.62. The zero-order valence-electron chi connectivity index (χ0n) is 11.1. The predicted octanol–water partition coefficient (Wildman–Crippen LogP) is 3.95. The normalized spacial score (nSPS) is 12.8. The fourth-order valence-electron chi connectivity index (χ4n) is 2.86. The van der Waals surface area contributed by atoms with Crippen LogP contribution in [0, 0.1) is 5.82 Å². The van der Waals surface area contributed by atoms with Crippen LogP contribution in [0.3, 0.4) is 0 Å². The molecule has 21 heavy (non-hydrogen) atoms. The van der Waals surface area contributed by atoms with E-state index >= 15 is 0 Å². The van der Waals surface area contributed by atoms with Crippen LogP contribution in [0.25, 0.3) is 22.6 Å². The minimum atomic E-state index is -0.267. The Morgan fingerprint density at radius 3 is 2.67 bits per heavy atom. The Labute approximate surface area is 120 Å². The SMILES string of the molecule is Oc1ccc2c(c1)CCc1c(-c3ccc(F)cc3)noc1-2. The van der Waals surface area contributed by atoms with Crippen molar-refractivity contribution in [2.45, 2.75) is 12.8 Å². The van der Waals surface area contributed by atoms with Gasteiger partial charge in [0, 0.05) is 16.7 Å². The quantitative estimate of drug-likeness (QED) is 0.734. The molecular formula is C17H12FNO2. The van der Waals surface area contributed by atoms with Gasteiger partial charge >= 0.3 is 0 Å². The molecule has 1 aliphatic carbocycles. The first kappa shape index (κ1) is 12.1. The molecule has 4 rings (SSSR count). The van der Waals surface area contributed by atoms with Gasteiger partial charge in [0.05, 0.1) is 0 Å². The summed E-state index contributed by atoms with van der Waals surface area (Å²) < 4.78 is 18.5. The lowest BCUT2D eigenvalue weighted by molar-refractivity contribution is 0.432. The third-order valence-corrected chi connectivity index (χ3v) is 3.88. The maximum atomic E-state index is 13.0. The molecule has 0 spiro atoms. The number of fused-ring (bicyclic) bond motifs is 3. The summed E-state index contributed by atoms with van der Waals surface area (Å²) in [6, 6.07) is 11.5. The first-order valence-corrected chi connectivity index (χ1v) is 6.79. The smallest absolute Gasteiger partial charge is 0.170 e. The van der Waals surface area contributed by atoms with Gasteiger partial charge in [0.25, 0.3) is 0 Å². The second-order valence-corrected chi connectivity index (χ2v) is 5.19. The standard InChI is InChI=1S/C17H12FNO2/c18-12-4-1-10(2-5-12)16-15-7-3-11-9-13(20)6-8-14(11)17(15)21-19-16/h1-2,4-6,8-9,20H,3,7H2. The van der Waals surface area contributed by atoms with Crippen LogP contribution in [0.4, 0.5) is 4.39 Å². The second kappa shape index (κ2) is 4.45. The van der Waals surface area contributed by atoms with Crippen LogP contribution in [0.5, 0.6) is 5.75 Å². The summed E-state index contributed by atoms with van der Waals surface area (Å²) in [4.78, 5) is 0. The van der Waals surface area contributed by atoms with Gasteiger partial charge in [-0.2, -0.15) is 0 Å². The van der Waals surface area contributed by atoms with Crippen LogP contribution < -0.4 is 0 Å². The lowest BCUT2D eigenvalue weighted by Crippen LogP contribution is -2.02. The zero-order chi connectivity index (χ0) is 14.4. The number of rotatable bonds is 1. The maximum Gasteiger partial charge on any atom is 0.170 e. The molecule has 104 valence electrons. The summed E-state index contributed by atoms with van der Waals surface area (Å²) in [7, 11) is 0. The van der Waals surface area contributed by atoms with E-state index in [9.17, 15) is 9.50 Å². The lowest BCUT2D eigenvalue weighted by atomic mass is 9.88. The van der Waals surface area contributed by atoms with Gasteiger partial charge in [0.2, 0.25) is 0 Å². The highest BCUT2D eigenvalue weighted by atomic mass is 19.1. The zero-order valence-corrected chi connectivity index (χ0v) is 11.1. The molecule has 1 N–H and O–H groups in total. The molecule has 0 bridgehead atoms. The van der Waals surface area contributed by atoms with Gasteiger partial charge < -0.3 is 9.63 Å². The summed E-state index contributed by atoms with van der Waals surface area (Å²) in [5.74, 6) is 0.739. The molecule has 4 heteroatoms. The van der Waals surface area contributed by atoms with E-state index in [2.05, 4.69) is 5.16 Å². The molecule has 2 aromatic carbocycles. The van der Waals surface area contributed by atoms with E-state index in [1.54, 1.807) is 24.3 Å². The molecular weight excluding hydrogens is 269 g/mol. The van der Waals surface area contributed by atoms with Crippen molar-refractivity contribution < 1.29 is 14.0 Å². The van der Waals surface area contributed by atoms with Crippen molar-refractivity contribution >= 4 is 0 Å². The highest BCUT2D eigenvalue weighted by Crippen LogP contribution is 2.39. The Morgan fingerprint density at radius 2 is 1.86 bits per heavy atom. The number of aromatic nitrogens is 1. The van der Waals surface area contributed by atoms with Crippen LogP contribution in [-0.4, -0.2) is 10.3 Å². The fourth-order valence-corrected chi connectivity index (χ4v) is 2.86. The molecule has 3 nitrogen and oxygen atoms in total. The van der Waals surface area contributed by atoms with Gasteiger partial charge in [-0.05, 0) is 60.9 Å². The monoisotopic (exact) mass is 281 g/mol. The Balaban J connectivity index is 1.86. The average molecular weight is 281 g/mol. The summed E-state index contributed by atoms with van der Waals surface area (Å²) in [6.45, 7) is 0. The van der Waals surface area contributed by atoms with Gasteiger partial charge in [-0.1, -0.05) is 5.16 Å². The van der Waals surface area contributed by atoms with Gasteiger partial charge in [0.15, 0.2) is 5.76 Å². The highest BCUT2D eigenvalue weighted by Gasteiger charge is 2.25. The van der Waals surface area contributed by atoms with Crippen molar-refractivity contribution in [3.8, 4) is 28.3 Å². The van der Waals surface area contributed by atoms with Crippen molar-refractivity contribution in [3.63, 3.8) is 0 Å². The Hall–Kier alpha value is -2.62. The fraction of sp³-hybridized carbons (Fsp3) is 0.118. The van der Waals surface area contributed by atoms with Gasteiger partial charge in [-0.25, -0.2) is 4.39 Å². The van der Waals surface area contributed by atoms with Crippen LogP contribution >= 0.6 is 0 Å². The molecule has 0 atom stereocenters. The third kappa shape index (κ3) is 1.91. The first-order chi connectivity index (χ1) is 10.2. The highest BCUT2D eigenvalue weighted by molar-refractivity contribution is 5.76. The van der Waals surface area contributed by atoms with E-state index in [0.717, 1.165) is 46.5 Å². The Bertz CT molecular complexity index is 808. The number of nitrogens with zero attached hydrogens (tertiary/aromatic N) is 1. The number of phenols is 1. The van der Waals surface area contributed by atoms with Crippen molar-refractivity contribution in [2.24, 2.45) is 0 Å². The largest absolute Gasteiger partial charge is 0.508 e. The van der Waals surface area contributed by atoms with Gasteiger partial charge in [0.1, 0.15) is 17.3 Å². The molecule has 1 heterocycles. The van der Waals surface area contributed by atoms with E-state index in [-0.39, 0.29) is 11.6 Å². The van der Waals surface area contributed by atoms with Crippen LogP contribution in [-0.2, 0) is 12.8 Å². The third-order valence-electron chi connectivity index (χ3n) is 3.88. The Kier molecular flexibility index (Phi) is 2.57. The maximum absolute atomic E-state index is 13.0. The van der Waals surface area contributed by atoms with Crippen molar-refractivity contribution in [1.82, 2.24) is 5.16 Å². The average Bonchev–Trinajstić information content (AvgIpc) is 2.92. The van der Waals surface area contributed by atoms with E-state index in [4.69, 9.17) is 4.52 Å². The molecule has 0 saturated heterocycles. The molecule has 0 radical (unpaired) electrons. The Morgan fingerprint density at radius 1 is 1.05 bits per heavy atom.